The quantitative estimate of drug-likeness (QED) is 0.579. The van der Waals surface area contributed by atoms with Crippen molar-refractivity contribution in [3.8, 4) is 11.3 Å². The highest BCUT2D eigenvalue weighted by Gasteiger charge is 2.20. The van der Waals surface area contributed by atoms with Crippen molar-refractivity contribution in [2.45, 2.75) is 33.4 Å². The molecular formula is C20H21N7O. The highest BCUT2D eigenvalue weighted by molar-refractivity contribution is 5.94. The van der Waals surface area contributed by atoms with Crippen molar-refractivity contribution < 1.29 is 4.79 Å². The zero-order valence-electron chi connectivity index (χ0n) is 16.0. The molecule has 3 aromatic heterocycles. The van der Waals surface area contributed by atoms with Crippen LogP contribution < -0.4 is 5.32 Å². The zero-order chi connectivity index (χ0) is 19.7. The van der Waals surface area contributed by atoms with Gasteiger partial charge in [0.15, 0.2) is 0 Å². The average Bonchev–Trinajstić information content (AvgIpc) is 3.33. The fourth-order valence-corrected chi connectivity index (χ4v) is 3.20. The van der Waals surface area contributed by atoms with Crippen molar-refractivity contribution in [2.24, 2.45) is 0 Å². The fourth-order valence-electron chi connectivity index (χ4n) is 3.20. The van der Waals surface area contributed by atoms with Crippen molar-refractivity contribution >= 4 is 11.7 Å². The monoisotopic (exact) mass is 375 g/mol. The van der Waals surface area contributed by atoms with Gasteiger partial charge in [0.2, 0.25) is 0 Å². The number of amides is 1. The third-order valence-corrected chi connectivity index (χ3v) is 4.68. The molecule has 4 rings (SSSR count). The minimum atomic E-state index is -0.244. The van der Waals surface area contributed by atoms with Crippen LogP contribution in [0.25, 0.3) is 17.0 Å². The Balaban J connectivity index is 1.68. The minimum absolute atomic E-state index is 0.195. The van der Waals surface area contributed by atoms with Gasteiger partial charge in [0, 0.05) is 23.9 Å². The van der Waals surface area contributed by atoms with Crippen LogP contribution in [0, 0.1) is 6.92 Å². The van der Waals surface area contributed by atoms with E-state index in [1.54, 1.807) is 6.07 Å². The summed E-state index contributed by atoms with van der Waals surface area (Å²) in [6, 6.07) is 11.2. The van der Waals surface area contributed by atoms with Gasteiger partial charge in [-0.2, -0.15) is 19.7 Å². The Kier molecular flexibility index (Phi) is 4.60. The van der Waals surface area contributed by atoms with Crippen molar-refractivity contribution in [1.29, 1.82) is 0 Å². The summed E-state index contributed by atoms with van der Waals surface area (Å²) in [7, 11) is 0. The van der Waals surface area contributed by atoms with Gasteiger partial charge in [0.1, 0.15) is 12.0 Å². The first-order chi connectivity index (χ1) is 13.6. The van der Waals surface area contributed by atoms with E-state index in [0.717, 1.165) is 23.4 Å². The van der Waals surface area contributed by atoms with E-state index in [-0.39, 0.29) is 11.9 Å². The van der Waals surface area contributed by atoms with E-state index in [2.05, 4.69) is 25.5 Å². The summed E-state index contributed by atoms with van der Waals surface area (Å²) in [6.45, 7) is 6.70. The van der Waals surface area contributed by atoms with Gasteiger partial charge in [0.25, 0.3) is 11.7 Å². The Hall–Kier alpha value is -3.55. The van der Waals surface area contributed by atoms with Gasteiger partial charge >= 0.3 is 0 Å². The first-order valence-corrected chi connectivity index (χ1v) is 9.18. The molecular weight excluding hydrogens is 354 g/mol. The number of carbonyl (C=O) groups excluding carboxylic acids is 1. The number of hydrogen-bond donors (Lipinski definition) is 1. The first kappa shape index (κ1) is 17.8. The van der Waals surface area contributed by atoms with Crippen LogP contribution in [0.3, 0.4) is 0 Å². The van der Waals surface area contributed by atoms with Crippen LogP contribution >= 0.6 is 0 Å². The average molecular weight is 375 g/mol. The standard InChI is InChI=1S/C20H21N7O/c1-4-26-11-16(14(3)25-26)13(2)23-19(28)18-10-17(15-8-6-5-7-9-15)24-20-21-12-22-27(18)20/h5-13H,4H2,1-3H3,(H,23,28). The lowest BCUT2D eigenvalue weighted by Crippen LogP contribution is -2.29. The summed E-state index contributed by atoms with van der Waals surface area (Å²) in [5.74, 6) is 0.139. The van der Waals surface area contributed by atoms with E-state index in [1.807, 2.05) is 62.0 Å². The van der Waals surface area contributed by atoms with Gasteiger partial charge in [-0.1, -0.05) is 30.3 Å². The molecule has 28 heavy (non-hydrogen) atoms. The van der Waals surface area contributed by atoms with E-state index in [0.29, 0.717) is 17.2 Å². The molecule has 0 aliphatic carbocycles. The molecule has 142 valence electrons. The molecule has 1 amide bonds. The number of fused-ring (bicyclic) bond motifs is 1. The molecule has 0 aliphatic heterocycles. The lowest BCUT2D eigenvalue weighted by Gasteiger charge is -2.14. The SMILES string of the molecule is CCn1cc(C(C)NC(=O)c2cc(-c3ccccc3)nc3ncnn23)c(C)n1. The fraction of sp³-hybridized carbons (Fsp3) is 0.250. The molecule has 3 heterocycles. The van der Waals surface area contributed by atoms with Gasteiger partial charge in [-0.15, -0.1) is 0 Å². The Morgan fingerprint density at radius 3 is 2.75 bits per heavy atom. The molecule has 0 saturated carbocycles. The predicted molar refractivity (Wildman–Crippen MR) is 105 cm³/mol. The second kappa shape index (κ2) is 7.22. The molecule has 0 saturated heterocycles. The van der Waals surface area contributed by atoms with E-state index in [9.17, 15) is 4.79 Å². The molecule has 1 unspecified atom stereocenters. The van der Waals surface area contributed by atoms with Crippen molar-refractivity contribution in [2.75, 3.05) is 0 Å². The van der Waals surface area contributed by atoms with E-state index in [4.69, 9.17) is 0 Å². The molecule has 8 heteroatoms. The first-order valence-electron chi connectivity index (χ1n) is 9.18. The second-order valence-electron chi connectivity index (χ2n) is 6.59. The zero-order valence-corrected chi connectivity index (χ0v) is 16.0. The van der Waals surface area contributed by atoms with Crippen LogP contribution in [0.1, 0.15) is 41.6 Å². The third kappa shape index (κ3) is 3.24. The number of aromatic nitrogens is 6. The summed E-state index contributed by atoms with van der Waals surface area (Å²) in [6.07, 6.45) is 3.36. The van der Waals surface area contributed by atoms with Crippen LogP contribution in [0.4, 0.5) is 0 Å². The normalized spacial score (nSPS) is 12.2. The summed E-state index contributed by atoms with van der Waals surface area (Å²) < 4.78 is 3.32. The number of aryl methyl sites for hydroxylation is 2. The van der Waals surface area contributed by atoms with Gasteiger partial charge in [-0.25, -0.2) is 4.98 Å². The van der Waals surface area contributed by atoms with Gasteiger partial charge in [0.05, 0.1) is 17.4 Å². The summed E-state index contributed by atoms with van der Waals surface area (Å²) in [5.41, 5.74) is 3.86. The van der Waals surface area contributed by atoms with Gasteiger partial charge < -0.3 is 5.32 Å². The van der Waals surface area contributed by atoms with Crippen molar-refractivity contribution in [3.63, 3.8) is 0 Å². The molecule has 0 fully saturated rings. The number of carbonyl (C=O) groups is 1. The topological polar surface area (TPSA) is 90.0 Å². The molecule has 0 bridgehead atoms. The molecule has 4 aromatic rings. The van der Waals surface area contributed by atoms with E-state index in [1.165, 1.54) is 10.8 Å². The summed E-state index contributed by atoms with van der Waals surface area (Å²) >= 11 is 0. The molecule has 1 atom stereocenters. The third-order valence-electron chi connectivity index (χ3n) is 4.68. The number of rotatable bonds is 5. The molecule has 8 nitrogen and oxygen atoms in total. The van der Waals surface area contributed by atoms with E-state index >= 15 is 0 Å². The number of hydrogen-bond acceptors (Lipinski definition) is 5. The predicted octanol–water partition coefficient (Wildman–Crippen LogP) is 2.81. The number of benzene rings is 1. The number of nitrogens with zero attached hydrogens (tertiary/aromatic N) is 6. The maximum atomic E-state index is 13.1. The Labute approximate surface area is 162 Å². The van der Waals surface area contributed by atoms with Crippen LogP contribution in [0.15, 0.2) is 48.9 Å². The Morgan fingerprint density at radius 1 is 1.25 bits per heavy atom. The molecule has 1 aromatic carbocycles. The Bertz CT molecular complexity index is 1130. The molecule has 0 aliphatic rings. The minimum Gasteiger partial charge on any atom is -0.344 e. The highest BCUT2D eigenvalue weighted by atomic mass is 16.2. The van der Waals surface area contributed by atoms with Gasteiger partial charge in [-0.05, 0) is 26.8 Å². The summed E-state index contributed by atoms with van der Waals surface area (Å²) in [4.78, 5) is 21.7. The Morgan fingerprint density at radius 2 is 2.04 bits per heavy atom. The van der Waals surface area contributed by atoms with Crippen LogP contribution in [0.2, 0.25) is 0 Å². The largest absolute Gasteiger partial charge is 0.344 e. The lowest BCUT2D eigenvalue weighted by molar-refractivity contribution is 0.0932. The summed E-state index contributed by atoms with van der Waals surface area (Å²) in [5, 5.41) is 11.7. The highest BCUT2D eigenvalue weighted by Crippen LogP contribution is 2.20. The van der Waals surface area contributed by atoms with Crippen LogP contribution in [0.5, 0.6) is 0 Å². The van der Waals surface area contributed by atoms with Gasteiger partial charge in [-0.3, -0.25) is 9.48 Å². The van der Waals surface area contributed by atoms with Crippen molar-refractivity contribution in [1.82, 2.24) is 34.7 Å². The molecule has 0 spiro atoms. The second-order valence-corrected chi connectivity index (χ2v) is 6.59. The number of nitrogens with one attached hydrogen (secondary N) is 1. The van der Waals surface area contributed by atoms with Crippen molar-refractivity contribution in [3.05, 3.63) is 65.9 Å². The van der Waals surface area contributed by atoms with Crippen LogP contribution in [-0.4, -0.2) is 35.3 Å². The lowest BCUT2D eigenvalue weighted by atomic mass is 10.1. The van der Waals surface area contributed by atoms with Crippen LogP contribution in [-0.2, 0) is 6.54 Å². The molecule has 0 radical (unpaired) electrons. The maximum Gasteiger partial charge on any atom is 0.270 e. The van der Waals surface area contributed by atoms with E-state index < -0.39 is 0 Å². The molecule has 1 N–H and O–H groups in total. The maximum absolute atomic E-state index is 13.1. The smallest absolute Gasteiger partial charge is 0.270 e.